The second-order valence-electron chi connectivity index (χ2n) is 5.88. The van der Waals surface area contributed by atoms with Crippen molar-refractivity contribution in [1.29, 1.82) is 0 Å². The van der Waals surface area contributed by atoms with Gasteiger partial charge in [0.1, 0.15) is 0 Å². The normalized spacial score (nSPS) is 10.5. The number of rotatable bonds is 8. The van der Waals surface area contributed by atoms with E-state index in [0.29, 0.717) is 33.5 Å². The predicted molar refractivity (Wildman–Crippen MR) is 111 cm³/mol. The van der Waals surface area contributed by atoms with Crippen molar-refractivity contribution in [1.82, 2.24) is 0 Å². The van der Waals surface area contributed by atoms with Gasteiger partial charge in [-0.15, -0.1) is 0 Å². The lowest BCUT2D eigenvalue weighted by Gasteiger charge is -2.12. The van der Waals surface area contributed by atoms with Gasteiger partial charge in [-0.1, -0.05) is 23.7 Å². The molecule has 154 valence electrons. The van der Waals surface area contributed by atoms with Crippen molar-refractivity contribution in [3.05, 3.63) is 52.6 Å². The summed E-state index contributed by atoms with van der Waals surface area (Å²) in [6.45, 7) is 1.37. The fourth-order valence-electron chi connectivity index (χ4n) is 2.51. The van der Waals surface area contributed by atoms with Crippen molar-refractivity contribution in [3.63, 3.8) is 0 Å². The van der Waals surface area contributed by atoms with E-state index in [1.807, 2.05) is 13.0 Å². The molecule has 0 fully saturated rings. The molecule has 2 aromatic carbocycles. The third kappa shape index (κ3) is 5.89. The van der Waals surface area contributed by atoms with Gasteiger partial charge >= 0.3 is 5.97 Å². The van der Waals surface area contributed by atoms with E-state index in [2.05, 4.69) is 5.32 Å². The zero-order chi connectivity index (χ0) is 21.4. The molecule has 0 spiro atoms. The lowest BCUT2D eigenvalue weighted by Crippen LogP contribution is -2.20. The molecule has 1 N–H and O–H groups in total. The van der Waals surface area contributed by atoms with Gasteiger partial charge in [0.2, 0.25) is 5.75 Å². The number of carbonyl (C=O) groups excluding carboxylic acids is 2. The number of ether oxygens (including phenoxy) is 4. The first-order chi connectivity index (χ1) is 13.9. The SMILES string of the molecule is COc1cc(C=CC(=O)OCC(=O)Nc2c(C)cccc2Cl)cc(OC)c1OC. The number of methoxy groups -OCH3 is 3. The first-order valence-corrected chi connectivity index (χ1v) is 8.97. The monoisotopic (exact) mass is 419 g/mol. The lowest BCUT2D eigenvalue weighted by molar-refractivity contribution is -0.142. The summed E-state index contributed by atoms with van der Waals surface area (Å²) in [5, 5.41) is 3.04. The lowest BCUT2D eigenvalue weighted by atomic mass is 10.1. The Bertz CT molecular complexity index is 880. The van der Waals surface area contributed by atoms with Gasteiger partial charge in [0.15, 0.2) is 18.1 Å². The molecule has 0 aliphatic heterocycles. The van der Waals surface area contributed by atoms with Gasteiger partial charge in [-0.25, -0.2) is 4.79 Å². The number of amides is 1. The second kappa shape index (κ2) is 10.4. The standard InChI is InChI=1S/C21H22ClNO6/c1-13-6-5-7-15(22)20(13)23-18(24)12-29-19(25)9-8-14-10-16(26-2)21(28-4)17(11-14)27-3/h5-11H,12H2,1-4H3,(H,23,24). The summed E-state index contributed by atoms with van der Waals surface area (Å²) in [6.07, 6.45) is 2.72. The summed E-state index contributed by atoms with van der Waals surface area (Å²) in [4.78, 5) is 24.0. The van der Waals surface area contributed by atoms with Crippen molar-refractivity contribution in [2.45, 2.75) is 6.92 Å². The van der Waals surface area contributed by atoms with Gasteiger partial charge in [-0.05, 0) is 42.3 Å². The summed E-state index contributed by atoms with van der Waals surface area (Å²) in [6, 6.07) is 8.61. The topological polar surface area (TPSA) is 83.1 Å². The fourth-order valence-corrected chi connectivity index (χ4v) is 2.78. The molecule has 0 aromatic heterocycles. The highest BCUT2D eigenvalue weighted by Gasteiger charge is 2.13. The highest BCUT2D eigenvalue weighted by Crippen LogP contribution is 2.38. The maximum atomic E-state index is 12.0. The summed E-state index contributed by atoms with van der Waals surface area (Å²) >= 11 is 6.06. The van der Waals surface area contributed by atoms with Gasteiger partial charge in [0, 0.05) is 6.08 Å². The summed E-state index contributed by atoms with van der Waals surface area (Å²) < 4.78 is 20.7. The number of anilines is 1. The van der Waals surface area contributed by atoms with Crippen molar-refractivity contribution < 1.29 is 28.5 Å². The van der Waals surface area contributed by atoms with Gasteiger partial charge < -0.3 is 24.3 Å². The largest absolute Gasteiger partial charge is 0.493 e. The fraction of sp³-hybridized carbons (Fsp3) is 0.238. The molecule has 0 aliphatic rings. The van der Waals surface area contributed by atoms with Crippen LogP contribution in [-0.2, 0) is 14.3 Å². The average molecular weight is 420 g/mol. The number of benzene rings is 2. The molecular formula is C21H22ClNO6. The molecule has 0 atom stereocenters. The van der Waals surface area contributed by atoms with Crippen molar-refractivity contribution in [3.8, 4) is 17.2 Å². The Hall–Kier alpha value is -3.19. The molecule has 0 bridgehead atoms. The number of esters is 1. The Kier molecular flexibility index (Phi) is 7.91. The number of halogens is 1. The molecule has 1 amide bonds. The molecule has 0 heterocycles. The Labute approximate surface area is 174 Å². The number of aryl methyl sites for hydroxylation is 1. The maximum absolute atomic E-state index is 12.0. The van der Waals surface area contributed by atoms with Crippen LogP contribution in [0.1, 0.15) is 11.1 Å². The minimum Gasteiger partial charge on any atom is -0.493 e. The molecule has 0 unspecified atom stereocenters. The van der Waals surface area contributed by atoms with E-state index in [1.54, 1.807) is 24.3 Å². The van der Waals surface area contributed by atoms with E-state index in [1.165, 1.54) is 33.5 Å². The minimum atomic E-state index is -0.676. The van der Waals surface area contributed by atoms with Crippen molar-refractivity contribution in [2.75, 3.05) is 33.3 Å². The molecule has 0 aliphatic carbocycles. The minimum absolute atomic E-state index is 0.409. The summed E-state index contributed by atoms with van der Waals surface area (Å²) in [5.74, 6) is 0.186. The van der Waals surface area contributed by atoms with Crippen LogP contribution in [0.3, 0.4) is 0 Å². The Morgan fingerprint density at radius 2 is 1.72 bits per heavy atom. The van der Waals surface area contributed by atoms with Gasteiger partial charge in [-0.3, -0.25) is 4.79 Å². The highest BCUT2D eigenvalue weighted by molar-refractivity contribution is 6.33. The predicted octanol–water partition coefficient (Wildman–Crippen LogP) is 3.87. The molecule has 7 nitrogen and oxygen atoms in total. The first-order valence-electron chi connectivity index (χ1n) is 8.59. The van der Waals surface area contributed by atoms with Crippen LogP contribution in [0.25, 0.3) is 6.08 Å². The quantitative estimate of drug-likeness (QED) is 0.516. The number of hydrogen-bond donors (Lipinski definition) is 1. The number of carbonyl (C=O) groups is 2. The van der Waals surface area contributed by atoms with Gasteiger partial charge in [0.05, 0.1) is 32.0 Å². The van der Waals surface area contributed by atoms with Crippen LogP contribution in [0.5, 0.6) is 17.2 Å². The zero-order valence-electron chi connectivity index (χ0n) is 16.6. The van der Waals surface area contributed by atoms with Crippen LogP contribution in [0.15, 0.2) is 36.4 Å². The van der Waals surface area contributed by atoms with E-state index >= 15 is 0 Å². The highest BCUT2D eigenvalue weighted by atomic mass is 35.5. The molecule has 29 heavy (non-hydrogen) atoms. The van der Waals surface area contributed by atoms with Crippen molar-refractivity contribution in [2.24, 2.45) is 0 Å². The van der Waals surface area contributed by atoms with Crippen LogP contribution >= 0.6 is 11.6 Å². The van der Waals surface area contributed by atoms with E-state index in [9.17, 15) is 9.59 Å². The van der Waals surface area contributed by atoms with Gasteiger partial charge in [0.25, 0.3) is 5.91 Å². The average Bonchev–Trinajstić information content (AvgIpc) is 2.72. The molecule has 0 radical (unpaired) electrons. The van der Waals surface area contributed by atoms with Crippen LogP contribution in [0.4, 0.5) is 5.69 Å². The Balaban J connectivity index is 1.98. The molecule has 0 saturated carbocycles. The number of hydrogen-bond acceptors (Lipinski definition) is 6. The molecule has 2 aromatic rings. The maximum Gasteiger partial charge on any atom is 0.331 e. The van der Waals surface area contributed by atoms with E-state index in [4.69, 9.17) is 30.5 Å². The first kappa shape index (κ1) is 22.1. The molecular weight excluding hydrogens is 398 g/mol. The number of nitrogens with one attached hydrogen (secondary N) is 1. The van der Waals surface area contributed by atoms with Crippen LogP contribution in [0.2, 0.25) is 5.02 Å². The Morgan fingerprint density at radius 3 is 2.28 bits per heavy atom. The van der Waals surface area contributed by atoms with Gasteiger partial charge in [-0.2, -0.15) is 0 Å². The zero-order valence-corrected chi connectivity index (χ0v) is 17.3. The number of para-hydroxylation sites is 1. The summed E-state index contributed by atoms with van der Waals surface area (Å²) in [5.41, 5.74) is 1.93. The molecule has 8 heteroatoms. The van der Waals surface area contributed by atoms with Crippen molar-refractivity contribution >= 4 is 35.2 Å². The molecule has 0 saturated heterocycles. The Morgan fingerprint density at radius 1 is 1.07 bits per heavy atom. The third-order valence-corrected chi connectivity index (χ3v) is 4.25. The summed E-state index contributed by atoms with van der Waals surface area (Å²) in [7, 11) is 4.50. The third-order valence-electron chi connectivity index (χ3n) is 3.93. The van der Waals surface area contributed by atoms with Crippen LogP contribution in [0, 0.1) is 6.92 Å². The van der Waals surface area contributed by atoms with Crippen LogP contribution in [-0.4, -0.2) is 39.8 Å². The molecule has 2 rings (SSSR count). The van der Waals surface area contributed by atoms with E-state index in [-0.39, 0.29) is 0 Å². The van der Waals surface area contributed by atoms with E-state index < -0.39 is 18.5 Å². The van der Waals surface area contributed by atoms with E-state index in [0.717, 1.165) is 5.56 Å². The smallest absolute Gasteiger partial charge is 0.331 e. The second-order valence-corrected chi connectivity index (χ2v) is 6.29. The van der Waals surface area contributed by atoms with Crippen LogP contribution < -0.4 is 19.5 Å².